The maximum absolute atomic E-state index is 11.7. The summed E-state index contributed by atoms with van der Waals surface area (Å²) in [6.07, 6.45) is 3.56. The van der Waals surface area contributed by atoms with Crippen molar-refractivity contribution >= 4 is 51.8 Å². The van der Waals surface area contributed by atoms with Gasteiger partial charge >= 0.3 is 0 Å². The summed E-state index contributed by atoms with van der Waals surface area (Å²) < 4.78 is 1.08. The fraction of sp³-hybridized carbons (Fsp3) is 0.556. The lowest BCUT2D eigenvalue weighted by atomic mass is 10.1. The molecule has 0 aliphatic heterocycles. The molecular formula is C18H28BrIN4O. The summed E-state index contributed by atoms with van der Waals surface area (Å²) in [5.41, 5.74) is 1.19. The molecule has 2 rings (SSSR count). The van der Waals surface area contributed by atoms with E-state index in [0.29, 0.717) is 19.0 Å². The van der Waals surface area contributed by atoms with Gasteiger partial charge in [-0.05, 0) is 44.7 Å². The quantitative estimate of drug-likeness (QED) is 0.211. The summed E-state index contributed by atoms with van der Waals surface area (Å²) in [4.78, 5) is 16.2. The third-order valence-corrected chi connectivity index (χ3v) is 4.57. The van der Waals surface area contributed by atoms with E-state index >= 15 is 0 Å². The summed E-state index contributed by atoms with van der Waals surface area (Å²) in [6.45, 7) is 5.59. The van der Waals surface area contributed by atoms with Gasteiger partial charge in [-0.25, -0.2) is 0 Å². The number of amides is 1. The van der Waals surface area contributed by atoms with Crippen LogP contribution < -0.4 is 16.0 Å². The van der Waals surface area contributed by atoms with Gasteiger partial charge in [-0.15, -0.1) is 24.0 Å². The van der Waals surface area contributed by atoms with Crippen molar-refractivity contribution in [3.8, 4) is 0 Å². The van der Waals surface area contributed by atoms with E-state index in [-0.39, 0.29) is 35.9 Å². The van der Waals surface area contributed by atoms with Crippen molar-refractivity contribution in [3.05, 3.63) is 34.3 Å². The SMILES string of the molecule is CCNC(=NCCCC(=O)NC1CC1)NC(C)c1ccccc1Br.I. The second-order valence-corrected chi connectivity index (χ2v) is 6.95. The molecule has 1 fully saturated rings. The summed E-state index contributed by atoms with van der Waals surface area (Å²) in [6, 6.07) is 8.73. The number of halogens is 2. The van der Waals surface area contributed by atoms with E-state index in [1.165, 1.54) is 5.56 Å². The standard InChI is InChI=1S/C18H27BrN4O.HI/c1-3-20-18(21-12-6-9-17(24)23-14-10-11-14)22-13(2)15-7-4-5-8-16(15)19;/h4-5,7-8,13-14H,3,6,9-12H2,1-2H3,(H,23,24)(H2,20,21,22);1H. The van der Waals surface area contributed by atoms with Gasteiger partial charge in [0.1, 0.15) is 0 Å². The molecule has 1 saturated carbocycles. The van der Waals surface area contributed by atoms with E-state index in [1.807, 2.05) is 25.1 Å². The highest BCUT2D eigenvalue weighted by molar-refractivity contribution is 14.0. The van der Waals surface area contributed by atoms with E-state index in [4.69, 9.17) is 0 Å². The number of nitrogens with one attached hydrogen (secondary N) is 3. The Morgan fingerprint density at radius 3 is 2.72 bits per heavy atom. The first kappa shape index (κ1) is 22.2. The smallest absolute Gasteiger partial charge is 0.220 e. The Balaban J connectivity index is 0.00000312. The Bertz CT molecular complexity index is 578. The molecule has 1 aliphatic rings. The molecule has 1 aromatic rings. The molecule has 1 aliphatic carbocycles. The first-order valence-electron chi connectivity index (χ1n) is 8.68. The number of nitrogens with zero attached hydrogens (tertiary/aromatic N) is 1. The van der Waals surface area contributed by atoms with E-state index in [9.17, 15) is 4.79 Å². The molecule has 5 nitrogen and oxygen atoms in total. The zero-order chi connectivity index (χ0) is 17.4. The van der Waals surface area contributed by atoms with Gasteiger partial charge < -0.3 is 16.0 Å². The van der Waals surface area contributed by atoms with Crippen molar-refractivity contribution in [1.29, 1.82) is 0 Å². The fourth-order valence-corrected chi connectivity index (χ4v) is 3.02. The minimum absolute atomic E-state index is 0. The zero-order valence-electron chi connectivity index (χ0n) is 14.8. The molecule has 0 saturated heterocycles. The van der Waals surface area contributed by atoms with Gasteiger partial charge in [0.2, 0.25) is 5.91 Å². The molecule has 0 aromatic heterocycles. The molecule has 1 aromatic carbocycles. The largest absolute Gasteiger partial charge is 0.357 e. The number of carbonyl (C=O) groups excluding carboxylic acids is 1. The highest BCUT2D eigenvalue weighted by Crippen LogP contribution is 2.22. The van der Waals surface area contributed by atoms with Crippen molar-refractivity contribution in [1.82, 2.24) is 16.0 Å². The lowest BCUT2D eigenvalue weighted by Crippen LogP contribution is -2.39. The van der Waals surface area contributed by atoms with E-state index in [1.54, 1.807) is 0 Å². The lowest BCUT2D eigenvalue weighted by Gasteiger charge is -2.19. The van der Waals surface area contributed by atoms with Crippen LogP contribution in [-0.2, 0) is 4.79 Å². The van der Waals surface area contributed by atoms with Gasteiger partial charge in [0.25, 0.3) is 0 Å². The Morgan fingerprint density at radius 1 is 1.36 bits per heavy atom. The topological polar surface area (TPSA) is 65.5 Å². The lowest BCUT2D eigenvalue weighted by molar-refractivity contribution is -0.121. The second kappa shape index (κ2) is 11.7. The highest BCUT2D eigenvalue weighted by atomic mass is 127. The second-order valence-electron chi connectivity index (χ2n) is 6.09. The van der Waals surface area contributed by atoms with Crippen molar-refractivity contribution in [2.45, 2.75) is 51.6 Å². The van der Waals surface area contributed by atoms with Crippen LogP contribution in [0, 0.1) is 0 Å². The summed E-state index contributed by atoms with van der Waals surface area (Å²) in [5.74, 6) is 0.926. The van der Waals surface area contributed by atoms with Gasteiger partial charge in [0.05, 0.1) is 6.04 Å². The molecule has 25 heavy (non-hydrogen) atoms. The fourth-order valence-electron chi connectivity index (χ4n) is 2.39. The Morgan fingerprint density at radius 2 is 2.08 bits per heavy atom. The summed E-state index contributed by atoms with van der Waals surface area (Å²) in [7, 11) is 0. The Hall–Kier alpha value is -0.830. The van der Waals surface area contributed by atoms with Crippen LogP contribution in [0.5, 0.6) is 0 Å². The molecule has 7 heteroatoms. The predicted octanol–water partition coefficient (Wildman–Crippen LogP) is 3.74. The first-order valence-corrected chi connectivity index (χ1v) is 9.48. The summed E-state index contributed by atoms with van der Waals surface area (Å²) in [5, 5.41) is 9.67. The van der Waals surface area contributed by atoms with Gasteiger partial charge in [0.15, 0.2) is 5.96 Å². The number of rotatable bonds is 8. The molecule has 1 atom stereocenters. The molecular weight excluding hydrogens is 495 g/mol. The number of benzene rings is 1. The molecule has 1 amide bonds. The first-order chi connectivity index (χ1) is 11.6. The van der Waals surface area contributed by atoms with Crippen LogP contribution in [0.25, 0.3) is 0 Å². The van der Waals surface area contributed by atoms with Crippen molar-refractivity contribution < 1.29 is 4.79 Å². The minimum Gasteiger partial charge on any atom is -0.357 e. The van der Waals surface area contributed by atoms with Crippen LogP contribution in [0.1, 0.15) is 51.1 Å². The highest BCUT2D eigenvalue weighted by Gasteiger charge is 2.22. The van der Waals surface area contributed by atoms with Gasteiger partial charge in [-0.3, -0.25) is 9.79 Å². The molecule has 3 N–H and O–H groups in total. The average Bonchev–Trinajstić information content (AvgIpc) is 3.36. The molecule has 0 heterocycles. The molecule has 1 unspecified atom stereocenters. The van der Waals surface area contributed by atoms with Crippen LogP contribution >= 0.6 is 39.9 Å². The minimum atomic E-state index is 0. The van der Waals surface area contributed by atoms with E-state index in [2.05, 4.69) is 49.9 Å². The molecule has 0 radical (unpaired) electrons. The van der Waals surface area contributed by atoms with Crippen molar-refractivity contribution in [3.63, 3.8) is 0 Å². The molecule has 0 spiro atoms. The van der Waals surface area contributed by atoms with Crippen molar-refractivity contribution in [2.75, 3.05) is 13.1 Å². The number of hydrogen-bond acceptors (Lipinski definition) is 2. The maximum atomic E-state index is 11.7. The number of hydrogen-bond donors (Lipinski definition) is 3. The Labute approximate surface area is 176 Å². The summed E-state index contributed by atoms with van der Waals surface area (Å²) >= 11 is 3.59. The van der Waals surface area contributed by atoms with Crippen molar-refractivity contribution in [2.24, 2.45) is 4.99 Å². The maximum Gasteiger partial charge on any atom is 0.220 e. The zero-order valence-corrected chi connectivity index (χ0v) is 18.8. The molecule has 0 bridgehead atoms. The number of aliphatic imine (C=N–C) groups is 1. The predicted molar refractivity (Wildman–Crippen MR) is 117 cm³/mol. The number of guanidine groups is 1. The van der Waals surface area contributed by atoms with Crippen LogP contribution in [0.15, 0.2) is 33.7 Å². The van der Waals surface area contributed by atoms with Gasteiger partial charge in [0, 0.05) is 30.0 Å². The van der Waals surface area contributed by atoms with E-state index < -0.39 is 0 Å². The third kappa shape index (κ3) is 8.40. The average molecular weight is 523 g/mol. The van der Waals surface area contributed by atoms with Gasteiger partial charge in [-0.1, -0.05) is 34.1 Å². The van der Waals surface area contributed by atoms with Crippen LogP contribution in [-0.4, -0.2) is 31.0 Å². The third-order valence-electron chi connectivity index (χ3n) is 3.84. The van der Waals surface area contributed by atoms with Gasteiger partial charge in [-0.2, -0.15) is 0 Å². The van der Waals surface area contributed by atoms with E-state index in [0.717, 1.165) is 36.2 Å². The van der Waals surface area contributed by atoms with Crippen LogP contribution in [0.2, 0.25) is 0 Å². The number of carbonyl (C=O) groups is 1. The molecule has 140 valence electrons. The normalized spacial score (nSPS) is 15.1. The van der Waals surface area contributed by atoms with Crippen LogP contribution in [0.4, 0.5) is 0 Å². The Kier molecular flexibility index (Phi) is 10.4. The van der Waals surface area contributed by atoms with Crippen LogP contribution in [0.3, 0.4) is 0 Å². The monoisotopic (exact) mass is 522 g/mol.